The zero-order valence-electron chi connectivity index (χ0n) is 17.0. The summed E-state index contributed by atoms with van der Waals surface area (Å²) in [6, 6.07) is 17.8. The summed E-state index contributed by atoms with van der Waals surface area (Å²) in [6.07, 6.45) is 1.93. The quantitative estimate of drug-likeness (QED) is 0.383. The van der Waals surface area contributed by atoms with Gasteiger partial charge in [-0.1, -0.05) is 29.8 Å². The maximum atomic E-state index is 13.1. The molecule has 1 aromatic heterocycles. The van der Waals surface area contributed by atoms with Gasteiger partial charge < -0.3 is 9.88 Å². The van der Waals surface area contributed by atoms with E-state index in [1.165, 1.54) is 5.56 Å². The molecule has 3 nitrogen and oxygen atoms in total. The number of hydrogen-bond acceptors (Lipinski definition) is 2. The topological polar surface area (TPSA) is 36.1 Å². The smallest absolute Gasteiger partial charge is 0.194 e. The fourth-order valence-electron chi connectivity index (χ4n) is 3.73. The summed E-state index contributed by atoms with van der Waals surface area (Å²) in [5.41, 5.74) is 7.51. The van der Waals surface area contributed by atoms with Crippen molar-refractivity contribution in [3.8, 4) is 0 Å². The van der Waals surface area contributed by atoms with Crippen molar-refractivity contribution in [3.05, 3.63) is 93.6 Å². The number of nitrogens with one attached hydrogen (secondary N) is 1. The van der Waals surface area contributed by atoms with Gasteiger partial charge in [0.15, 0.2) is 5.78 Å². The number of nitrogens with zero attached hydrogens (tertiary/aromatic N) is 1. The van der Waals surface area contributed by atoms with E-state index in [0.717, 1.165) is 33.4 Å². The lowest BCUT2D eigenvalue weighted by Crippen LogP contribution is -2.11. The Labute approximate surface area is 175 Å². The Morgan fingerprint density at radius 1 is 0.897 bits per heavy atom. The number of hydrogen-bond donors (Lipinski definition) is 1. The highest BCUT2D eigenvalue weighted by Gasteiger charge is 2.18. The molecule has 4 heteroatoms. The molecule has 146 valence electrons. The third kappa shape index (κ3) is 3.43. The summed E-state index contributed by atoms with van der Waals surface area (Å²) in [6.45, 7) is 6.04. The summed E-state index contributed by atoms with van der Waals surface area (Å²) in [7, 11) is 2.00. The summed E-state index contributed by atoms with van der Waals surface area (Å²) >= 11 is 6.57. The van der Waals surface area contributed by atoms with E-state index < -0.39 is 0 Å². The molecule has 0 aliphatic rings. The third-order valence-electron chi connectivity index (χ3n) is 5.60. The van der Waals surface area contributed by atoms with Gasteiger partial charge in [-0.05, 0) is 73.9 Å². The van der Waals surface area contributed by atoms with Gasteiger partial charge >= 0.3 is 0 Å². The van der Waals surface area contributed by atoms with Crippen LogP contribution in [0.4, 0.5) is 11.4 Å². The molecule has 3 aromatic carbocycles. The Bertz CT molecular complexity index is 1240. The SMILES string of the molecule is Cc1cc(C)c(C(=O)c2ccc(N(C)c3cccc4cc[nH]c34)cc2Cl)cc1C. The standard InChI is InChI=1S/C25H23ClN2O/c1-15-12-17(3)21(13-16(15)2)25(29)20-9-8-19(14-22(20)26)28(4)23-7-5-6-18-10-11-27-24(18)23/h5-14,27H,1-4H3. The molecule has 1 N–H and O–H groups in total. The maximum absolute atomic E-state index is 13.1. The van der Waals surface area contributed by atoms with Crippen LogP contribution in [0.1, 0.15) is 32.6 Å². The lowest BCUT2D eigenvalue weighted by Gasteiger charge is -2.21. The van der Waals surface area contributed by atoms with Crippen LogP contribution in [0.25, 0.3) is 10.9 Å². The van der Waals surface area contributed by atoms with E-state index in [1.807, 2.05) is 63.5 Å². The third-order valence-corrected chi connectivity index (χ3v) is 5.91. The van der Waals surface area contributed by atoms with Gasteiger partial charge in [0.2, 0.25) is 0 Å². The van der Waals surface area contributed by atoms with Crippen molar-refractivity contribution in [2.24, 2.45) is 0 Å². The van der Waals surface area contributed by atoms with Crippen molar-refractivity contribution < 1.29 is 4.79 Å². The molecule has 0 unspecified atom stereocenters. The molecule has 0 saturated carbocycles. The van der Waals surface area contributed by atoms with Gasteiger partial charge in [-0.25, -0.2) is 0 Å². The van der Waals surface area contributed by atoms with Crippen molar-refractivity contribution in [3.63, 3.8) is 0 Å². The van der Waals surface area contributed by atoms with Crippen LogP contribution in [-0.2, 0) is 0 Å². The minimum Gasteiger partial charge on any atom is -0.359 e. The predicted molar refractivity (Wildman–Crippen MR) is 122 cm³/mol. The van der Waals surface area contributed by atoms with Crippen LogP contribution < -0.4 is 4.90 Å². The zero-order chi connectivity index (χ0) is 20.7. The van der Waals surface area contributed by atoms with Gasteiger partial charge in [0.1, 0.15) is 0 Å². The number of halogens is 1. The van der Waals surface area contributed by atoms with Crippen molar-refractivity contribution in [2.45, 2.75) is 20.8 Å². The zero-order valence-corrected chi connectivity index (χ0v) is 17.8. The van der Waals surface area contributed by atoms with Gasteiger partial charge in [-0.15, -0.1) is 0 Å². The van der Waals surface area contributed by atoms with Crippen LogP contribution in [0, 0.1) is 20.8 Å². The molecule has 0 spiro atoms. The highest BCUT2D eigenvalue weighted by molar-refractivity contribution is 6.35. The Morgan fingerprint density at radius 3 is 2.41 bits per heavy atom. The molecule has 1 heterocycles. The number of aromatic nitrogens is 1. The Morgan fingerprint density at radius 2 is 1.66 bits per heavy atom. The van der Waals surface area contributed by atoms with E-state index in [2.05, 4.69) is 35.0 Å². The summed E-state index contributed by atoms with van der Waals surface area (Å²) in [4.78, 5) is 18.5. The van der Waals surface area contributed by atoms with Crippen LogP contribution in [0.15, 0.2) is 60.8 Å². The summed E-state index contributed by atoms with van der Waals surface area (Å²) in [5.74, 6) is -0.0451. The van der Waals surface area contributed by atoms with Gasteiger partial charge in [0.25, 0.3) is 0 Å². The summed E-state index contributed by atoms with van der Waals surface area (Å²) in [5, 5.41) is 1.60. The molecule has 0 saturated heterocycles. The fourth-order valence-corrected chi connectivity index (χ4v) is 3.99. The molecule has 0 atom stereocenters. The lowest BCUT2D eigenvalue weighted by molar-refractivity contribution is 0.103. The van der Waals surface area contributed by atoms with E-state index >= 15 is 0 Å². The van der Waals surface area contributed by atoms with Gasteiger partial charge in [0, 0.05) is 35.4 Å². The van der Waals surface area contributed by atoms with Crippen molar-refractivity contribution >= 4 is 39.7 Å². The second kappa shape index (κ2) is 7.41. The number of H-pyrrole nitrogens is 1. The Hall–Kier alpha value is -3.04. The van der Waals surface area contributed by atoms with Crippen LogP contribution >= 0.6 is 11.6 Å². The van der Waals surface area contributed by atoms with Crippen LogP contribution in [-0.4, -0.2) is 17.8 Å². The highest BCUT2D eigenvalue weighted by Crippen LogP contribution is 2.33. The highest BCUT2D eigenvalue weighted by atomic mass is 35.5. The minimum absolute atomic E-state index is 0.0451. The molecular formula is C25H23ClN2O. The van der Waals surface area contributed by atoms with Crippen molar-refractivity contribution in [1.82, 2.24) is 4.98 Å². The molecule has 29 heavy (non-hydrogen) atoms. The number of aromatic amines is 1. The first-order valence-electron chi connectivity index (χ1n) is 9.58. The van der Waals surface area contributed by atoms with Crippen LogP contribution in [0.2, 0.25) is 5.02 Å². The second-order valence-corrected chi connectivity index (χ2v) is 7.93. The average molecular weight is 403 g/mol. The number of ketones is 1. The Balaban J connectivity index is 1.70. The molecule has 0 aliphatic heterocycles. The first-order chi connectivity index (χ1) is 13.9. The number of carbonyl (C=O) groups excluding carboxylic acids is 1. The van der Waals surface area contributed by atoms with E-state index in [1.54, 1.807) is 0 Å². The summed E-state index contributed by atoms with van der Waals surface area (Å²) < 4.78 is 0. The fraction of sp³-hybridized carbons (Fsp3) is 0.160. The molecule has 4 rings (SSSR count). The number of rotatable bonds is 4. The minimum atomic E-state index is -0.0451. The van der Waals surface area contributed by atoms with E-state index in [0.29, 0.717) is 16.1 Å². The molecule has 0 amide bonds. The first-order valence-corrected chi connectivity index (χ1v) is 9.96. The van der Waals surface area contributed by atoms with Gasteiger partial charge in [-0.2, -0.15) is 0 Å². The monoisotopic (exact) mass is 402 g/mol. The normalized spacial score (nSPS) is 11.1. The van der Waals surface area contributed by atoms with E-state index in [-0.39, 0.29) is 5.78 Å². The number of benzene rings is 3. The molecule has 0 radical (unpaired) electrons. The van der Waals surface area contributed by atoms with Crippen molar-refractivity contribution in [2.75, 3.05) is 11.9 Å². The number of carbonyl (C=O) groups is 1. The van der Waals surface area contributed by atoms with Gasteiger partial charge in [0.05, 0.1) is 16.2 Å². The average Bonchev–Trinajstić information content (AvgIpc) is 3.18. The van der Waals surface area contributed by atoms with E-state index in [9.17, 15) is 4.79 Å². The Kier molecular flexibility index (Phi) is 4.93. The molecule has 0 aliphatic carbocycles. The molecule has 0 fully saturated rings. The molecular weight excluding hydrogens is 380 g/mol. The lowest BCUT2D eigenvalue weighted by atomic mass is 9.94. The number of anilines is 2. The molecule has 0 bridgehead atoms. The predicted octanol–water partition coefficient (Wildman–Crippen LogP) is 6.75. The van der Waals surface area contributed by atoms with Gasteiger partial charge in [-0.3, -0.25) is 4.79 Å². The first kappa shape index (κ1) is 19.3. The van der Waals surface area contributed by atoms with Crippen LogP contribution in [0.3, 0.4) is 0 Å². The maximum Gasteiger partial charge on any atom is 0.194 e. The van der Waals surface area contributed by atoms with E-state index in [4.69, 9.17) is 11.6 Å². The van der Waals surface area contributed by atoms with Crippen molar-refractivity contribution in [1.29, 1.82) is 0 Å². The number of aryl methyl sites for hydroxylation is 3. The van der Waals surface area contributed by atoms with Crippen LogP contribution in [0.5, 0.6) is 0 Å². The number of fused-ring (bicyclic) bond motifs is 1. The largest absolute Gasteiger partial charge is 0.359 e. The molecule has 4 aromatic rings. The number of para-hydroxylation sites is 1. The second-order valence-electron chi connectivity index (χ2n) is 7.52.